The lowest BCUT2D eigenvalue weighted by atomic mass is 10.0. The first-order valence-electron chi connectivity index (χ1n) is 6.37. The van der Waals surface area contributed by atoms with Crippen molar-refractivity contribution in [2.75, 3.05) is 25.5 Å². The molecule has 0 aliphatic carbocycles. The van der Waals surface area contributed by atoms with Crippen LogP contribution in [0.25, 0.3) is 0 Å². The van der Waals surface area contributed by atoms with Crippen LogP contribution >= 0.6 is 0 Å². The average molecular weight is 236 g/mol. The Hall–Kier alpha value is -1.09. The van der Waals surface area contributed by atoms with Crippen molar-refractivity contribution in [3.63, 3.8) is 0 Å². The Bertz CT molecular complexity index is 378. The van der Waals surface area contributed by atoms with Gasteiger partial charge in [0.25, 0.3) is 0 Å². The molecular formula is C14H21FN2. The number of benzene rings is 1. The molecule has 0 aromatic heterocycles. The second-order valence-corrected chi connectivity index (χ2v) is 4.99. The molecule has 1 aromatic rings. The topological polar surface area (TPSA) is 15.3 Å². The summed E-state index contributed by atoms with van der Waals surface area (Å²) in [5, 5.41) is 3.22. The molecule has 1 aliphatic heterocycles. The number of nitrogens with one attached hydrogen (secondary N) is 1. The van der Waals surface area contributed by atoms with E-state index < -0.39 is 0 Å². The van der Waals surface area contributed by atoms with Gasteiger partial charge < -0.3 is 10.2 Å². The monoisotopic (exact) mass is 236 g/mol. The molecular weight excluding hydrogens is 215 g/mol. The van der Waals surface area contributed by atoms with Crippen molar-refractivity contribution >= 4 is 5.69 Å². The molecule has 1 atom stereocenters. The van der Waals surface area contributed by atoms with E-state index >= 15 is 0 Å². The minimum Gasteiger partial charge on any atom is -0.381 e. The van der Waals surface area contributed by atoms with Crippen molar-refractivity contribution in [3.8, 4) is 0 Å². The SMILES string of the molecule is Cc1ccc(NCC2CCCCN2C)c(F)c1. The molecule has 3 heteroatoms. The molecule has 0 saturated carbocycles. The van der Waals surface area contributed by atoms with Crippen molar-refractivity contribution in [1.29, 1.82) is 0 Å². The van der Waals surface area contributed by atoms with Gasteiger partial charge in [-0.3, -0.25) is 0 Å². The quantitative estimate of drug-likeness (QED) is 0.867. The number of hydrogen-bond donors (Lipinski definition) is 1. The number of nitrogens with zero attached hydrogens (tertiary/aromatic N) is 1. The second kappa shape index (κ2) is 5.50. The Balaban J connectivity index is 1.92. The van der Waals surface area contributed by atoms with E-state index in [4.69, 9.17) is 0 Å². The van der Waals surface area contributed by atoms with Crippen molar-refractivity contribution in [1.82, 2.24) is 4.90 Å². The Kier molecular flexibility index (Phi) is 4.00. The van der Waals surface area contributed by atoms with Crippen LogP contribution in [-0.4, -0.2) is 31.1 Å². The molecule has 0 radical (unpaired) electrons. The maximum absolute atomic E-state index is 13.6. The molecule has 1 heterocycles. The van der Waals surface area contributed by atoms with Gasteiger partial charge in [0.15, 0.2) is 0 Å². The van der Waals surface area contributed by atoms with E-state index in [0.717, 1.165) is 18.7 Å². The molecule has 2 rings (SSSR count). The third kappa shape index (κ3) is 3.19. The molecule has 0 spiro atoms. The predicted molar refractivity (Wildman–Crippen MR) is 69.9 cm³/mol. The lowest BCUT2D eigenvalue weighted by Gasteiger charge is -2.32. The van der Waals surface area contributed by atoms with Crippen LogP contribution in [0.5, 0.6) is 0 Å². The molecule has 2 nitrogen and oxygen atoms in total. The first-order valence-corrected chi connectivity index (χ1v) is 6.37. The van der Waals surface area contributed by atoms with Gasteiger partial charge in [0, 0.05) is 12.6 Å². The van der Waals surface area contributed by atoms with Gasteiger partial charge in [-0.15, -0.1) is 0 Å². The van der Waals surface area contributed by atoms with Crippen molar-refractivity contribution in [2.24, 2.45) is 0 Å². The van der Waals surface area contributed by atoms with Crippen LogP contribution in [0.3, 0.4) is 0 Å². The van der Waals surface area contributed by atoms with Crippen LogP contribution in [0.2, 0.25) is 0 Å². The minimum atomic E-state index is -0.150. The molecule has 0 bridgehead atoms. The van der Waals surface area contributed by atoms with Gasteiger partial charge >= 0.3 is 0 Å². The maximum Gasteiger partial charge on any atom is 0.146 e. The van der Waals surface area contributed by atoms with E-state index in [2.05, 4.69) is 17.3 Å². The molecule has 1 saturated heterocycles. The number of halogens is 1. The van der Waals surface area contributed by atoms with Crippen LogP contribution in [-0.2, 0) is 0 Å². The lowest BCUT2D eigenvalue weighted by Crippen LogP contribution is -2.40. The zero-order valence-corrected chi connectivity index (χ0v) is 10.7. The predicted octanol–water partition coefficient (Wildman–Crippen LogP) is 3.03. The molecule has 1 unspecified atom stereocenters. The molecule has 0 amide bonds. The number of aryl methyl sites for hydroxylation is 1. The summed E-state index contributed by atoms with van der Waals surface area (Å²) in [7, 11) is 2.15. The normalized spacial score (nSPS) is 21.5. The van der Waals surface area contributed by atoms with E-state index in [0.29, 0.717) is 11.7 Å². The highest BCUT2D eigenvalue weighted by Gasteiger charge is 2.18. The summed E-state index contributed by atoms with van der Waals surface area (Å²) in [6.45, 7) is 3.89. The summed E-state index contributed by atoms with van der Waals surface area (Å²) in [5.74, 6) is -0.150. The number of rotatable bonds is 3. The van der Waals surface area contributed by atoms with E-state index in [1.165, 1.54) is 19.3 Å². The van der Waals surface area contributed by atoms with Gasteiger partial charge in [0.1, 0.15) is 5.82 Å². The zero-order valence-electron chi connectivity index (χ0n) is 10.7. The summed E-state index contributed by atoms with van der Waals surface area (Å²) in [5.41, 5.74) is 1.58. The van der Waals surface area contributed by atoms with E-state index in [9.17, 15) is 4.39 Å². The second-order valence-electron chi connectivity index (χ2n) is 4.99. The summed E-state index contributed by atoms with van der Waals surface area (Å²) in [6, 6.07) is 5.88. The van der Waals surface area contributed by atoms with E-state index in [1.807, 2.05) is 19.1 Å². The molecule has 17 heavy (non-hydrogen) atoms. The highest BCUT2D eigenvalue weighted by molar-refractivity contribution is 5.46. The first kappa shape index (κ1) is 12.4. The summed E-state index contributed by atoms with van der Waals surface area (Å²) < 4.78 is 13.6. The van der Waals surface area contributed by atoms with Crippen LogP contribution in [0, 0.1) is 12.7 Å². The Morgan fingerprint density at radius 3 is 2.94 bits per heavy atom. The Morgan fingerprint density at radius 1 is 1.41 bits per heavy atom. The van der Waals surface area contributed by atoms with Gasteiger partial charge in [-0.25, -0.2) is 4.39 Å². The third-order valence-electron chi connectivity index (χ3n) is 3.57. The molecule has 1 fully saturated rings. The van der Waals surface area contributed by atoms with Crippen LogP contribution in [0.4, 0.5) is 10.1 Å². The van der Waals surface area contributed by atoms with E-state index in [1.54, 1.807) is 6.07 Å². The third-order valence-corrected chi connectivity index (χ3v) is 3.57. The molecule has 1 aromatic carbocycles. The molecule has 94 valence electrons. The van der Waals surface area contributed by atoms with Gasteiger partial charge in [-0.2, -0.15) is 0 Å². The Morgan fingerprint density at radius 2 is 2.24 bits per heavy atom. The largest absolute Gasteiger partial charge is 0.381 e. The van der Waals surface area contributed by atoms with Crippen LogP contribution in [0.15, 0.2) is 18.2 Å². The summed E-state index contributed by atoms with van der Waals surface area (Å²) >= 11 is 0. The van der Waals surface area contributed by atoms with Crippen molar-refractivity contribution in [2.45, 2.75) is 32.2 Å². The zero-order chi connectivity index (χ0) is 12.3. The van der Waals surface area contributed by atoms with E-state index in [-0.39, 0.29) is 5.82 Å². The number of anilines is 1. The van der Waals surface area contributed by atoms with Gasteiger partial charge in [-0.05, 0) is 51.1 Å². The van der Waals surface area contributed by atoms with Gasteiger partial charge in [-0.1, -0.05) is 12.5 Å². The summed E-state index contributed by atoms with van der Waals surface area (Å²) in [4.78, 5) is 2.36. The summed E-state index contributed by atoms with van der Waals surface area (Å²) in [6.07, 6.45) is 3.77. The smallest absolute Gasteiger partial charge is 0.146 e. The number of piperidine rings is 1. The highest BCUT2D eigenvalue weighted by Crippen LogP contribution is 2.18. The number of hydrogen-bond acceptors (Lipinski definition) is 2. The first-order chi connectivity index (χ1) is 8.16. The fraction of sp³-hybridized carbons (Fsp3) is 0.571. The molecule has 1 N–H and O–H groups in total. The van der Waals surface area contributed by atoms with Gasteiger partial charge in [0.2, 0.25) is 0 Å². The fourth-order valence-electron chi connectivity index (χ4n) is 2.39. The standard InChI is InChI=1S/C14H21FN2/c1-11-6-7-14(13(15)9-11)16-10-12-5-3-4-8-17(12)2/h6-7,9,12,16H,3-5,8,10H2,1-2H3. The molecule has 1 aliphatic rings. The number of likely N-dealkylation sites (tertiary alicyclic amines) is 1. The highest BCUT2D eigenvalue weighted by atomic mass is 19.1. The van der Waals surface area contributed by atoms with Crippen molar-refractivity contribution < 1.29 is 4.39 Å². The average Bonchev–Trinajstić information content (AvgIpc) is 2.30. The van der Waals surface area contributed by atoms with Crippen LogP contribution < -0.4 is 5.32 Å². The maximum atomic E-state index is 13.6. The lowest BCUT2D eigenvalue weighted by molar-refractivity contribution is 0.194. The van der Waals surface area contributed by atoms with Crippen molar-refractivity contribution in [3.05, 3.63) is 29.6 Å². The van der Waals surface area contributed by atoms with Gasteiger partial charge in [0.05, 0.1) is 5.69 Å². The fourth-order valence-corrected chi connectivity index (χ4v) is 2.39. The minimum absolute atomic E-state index is 0.150. The Labute approximate surface area is 103 Å². The number of likely N-dealkylation sites (N-methyl/N-ethyl adjacent to an activating group) is 1. The van der Waals surface area contributed by atoms with Crippen LogP contribution in [0.1, 0.15) is 24.8 Å².